The number of benzene rings is 1. The van der Waals surface area contributed by atoms with E-state index in [-0.39, 0.29) is 5.91 Å². The number of ether oxygens (including phenoxy) is 3. The van der Waals surface area contributed by atoms with Gasteiger partial charge in [0, 0.05) is 51.9 Å². The summed E-state index contributed by atoms with van der Waals surface area (Å²) in [5.41, 5.74) is 1.70. The van der Waals surface area contributed by atoms with E-state index in [0.717, 1.165) is 64.1 Å². The second kappa shape index (κ2) is 15.5. The zero-order valence-electron chi connectivity index (χ0n) is 24.6. The monoisotopic (exact) mass is 542 g/mol. The first-order chi connectivity index (χ1) is 18.9. The minimum Gasteiger partial charge on any atom is -0.493 e. The Labute approximate surface area is 233 Å². The van der Waals surface area contributed by atoms with Gasteiger partial charge in [-0.05, 0) is 44.6 Å². The molecule has 2 heterocycles. The summed E-state index contributed by atoms with van der Waals surface area (Å²) in [5, 5.41) is 3.06. The van der Waals surface area contributed by atoms with Crippen molar-refractivity contribution < 1.29 is 19.0 Å². The number of likely N-dealkylation sites (N-methyl/N-ethyl adjacent to an activating group) is 1. The van der Waals surface area contributed by atoms with Crippen molar-refractivity contribution >= 4 is 11.9 Å². The number of unbranched alkanes of at least 4 members (excludes halogenated alkanes) is 3. The molecule has 39 heavy (non-hydrogen) atoms. The van der Waals surface area contributed by atoms with E-state index < -0.39 is 0 Å². The van der Waals surface area contributed by atoms with Crippen molar-refractivity contribution in [1.29, 1.82) is 0 Å². The summed E-state index contributed by atoms with van der Waals surface area (Å²) in [6.45, 7) is 8.90. The molecule has 1 aliphatic heterocycles. The third kappa shape index (κ3) is 8.69. The molecule has 0 unspecified atom stereocenters. The number of anilines is 1. The molecule has 1 aromatic heterocycles. The van der Waals surface area contributed by atoms with Gasteiger partial charge in [-0.2, -0.15) is 0 Å². The third-order valence-electron chi connectivity index (χ3n) is 7.13. The summed E-state index contributed by atoms with van der Waals surface area (Å²) in [7, 11) is 8.86. The molecule has 1 saturated heterocycles. The fourth-order valence-electron chi connectivity index (χ4n) is 4.64. The van der Waals surface area contributed by atoms with E-state index in [1.807, 2.05) is 24.1 Å². The molecule has 0 atom stereocenters. The summed E-state index contributed by atoms with van der Waals surface area (Å²) in [6.07, 6.45) is 5.45. The minimum atomic E-state index is -0.204. The topological polar surface area (TPSA) is 92.3 Å². The van der Waals surface area contributed by atoms with E-state index in [4.69, 9.17) is 19.2 Å². The third-order valence-corrected chi connectivity index (χ3v) is 7.13. The average molecular weight is 543 g/mol. The van der Waals surface area contributed by atoms with Gasteiger partial charge in [-0.25, -0.2) is 9.97 Å². The molecule has 0 saturated carbocycles. The molecule has 216 valence electrons. The van der Waals surface area contributed by atoms with Crippen LogP contribution >= 0.6 is 0 Å². The molecule has 1 aromatic carbocycles. The zero-order chi connectivity index (χ0) is 28.2. The highest BCUT2D eigenvalue weighted by Gasteiger charge is 2.19. The first-order valence-corrected chi connectivity index (χ1v) is 14.0. The fourth-order valence-corrected chi connectivity index (χ4v) is 4.64. The van der Waals surface area contributed by atoms with Crippen molar-refractivity contribution in [1.82, 2.24) is 25.1 Å². The fraction of sp³-hybridized carbons (Fsp3) is 0.621. The number of hydrogen-bond donors (Lipinski definition) is 1. The van der Waals surface area contributed by atoms with Gasteiger partial charge in [0.1, 0.15) is 5.69 Å². The van der Waals surface area contributed by atoms with Gasteiger partial charge in [0.05, 0.1) is 27.0 Å². The number of methoxy groups -OCH3 is 3. The maximum atomic E-state index is 13.2. The standard InChI is InChI=1S/C29H46N6O4/c1-7-8-9-10-13-34(3)29-31-23(22-19-25(37-4)27(39-6)26(20-22)38-5)21-24(32-29)28(36)30-12-11-14-35-17-15-33(2)16-18-35/h19-21H,7-18H2,1-6H3,(H,30,36). The van der Waals surface area contributed by atoms with E-state index in [0.29, 0.717) is 41.1 Å². The Balaban J connectivity index is 1.81. The number of hydrogen-bond acceptors (Lipinski definition) is 9. The summed E-state index contributed by atoms with van der Waals surface area (Å²) < 4.78 is 16.6. The van der Waals surface area contributed by atoms with E-state index in [9.17, 15) is 4.79 Å². The Hall–Kier alpha value is -3.11. The summed E-state index contributed by atoms with van der Waals surface area (Å²) in [5.74, 6) is 1.86. The van der Waals surface area contributed by atoms with Crippen LogP contribution in [-0.2, 0) is 0 Å². The van der Waals surface area contributed by atoms with Crippen molar-refractivity contribution in [2.75, 3.05) is 86.1 Å². The van der Waals surface area contributed by atoms with Gasteiger partial charge in [-0.1, -0.05) is 26.2 Å². The van der Waals surface area contributed by atoms with Crippen LogP contribution < -0.4 is 24.4 Å². The minimum absolute atomic E-state index is 0.204. The summed E-state index contributed by atoms with van der Waals surface area (Å²) in [6, 6.07) is 5.41. The Morgan fingerprint density at radius 2 is 1.64 bits per heavy atom. The number of piperazine rings is 1. The molecule has 3 rings (SSSR count). The highest BCUT2D eigenvalue weighted by Crippen LogP contribution is 2.41. The van der Waals surface area contributed by atoms with Crippen LogP contribution in [0.5, 0.6) is 17.2 Å². The molecular formula is C29H46N6O4. The van der Waals surface area contributed by atoms with Gasteiger partial charge >= 0.3 is 0 Å². The number of nitrogens with one attached hydrogen (secondary N) is 1. The molecule has 10 heteroatoms. The lowest BCUT2D eigenvalue weighted by atomic mass is 10.1. The predicted octanol–water partition coefficient (Wildman–Crippen LogP) is 3.55. The lowest BCUT2D eigenvalue weighted by Crippen LogP contribution is -2.45. The Bertz CT molecular complexity index is 1030. The van der Waals surface area contributed by atoms with Gasteiger partial charge in [0.25, 0.3) is 5.91 Å². The molecule has 0 aliphatic carbocycles. The Kier molecular flexibility index (Phi) is 12.1. The van der Waals surface area contributed by atoms with E-state index in [2.05, 4.69) is 34.1 Å². The van der Waals surface area contributed by atoms with Crippen molar-refractivity contribution in [3.8, 4) is 28.5 Å². The van der Waals surface area contributed by atoms with Crippen LogP contribution in [0.25, 0.3) is 11.3 Å². The molecule has 2 aromatic rings. The van der Waals surface area contributed by atoms with Crippen LogP contribution in [0.3, 0.4) is 0 Å². The molecule has 1 N–H and O–H groups in total. The van der Waals surface area contributed by atoms with Crippen molar-refractivity contribution in [3.05, 3.63) is 23.9 Å². The molecule has 1 aliphatic rings. The van der Waals surface area contributed by atoms with Crippen molar-refractivity contribution in [2.45, 2.75) is 39.0 Å². The number of carbonyl (C=O) groups excluding carboxylic acids is 1. The SMILES string of the molecule is CCCCCCN(C)c1nc(C(=O)NCCCN2CCN(C)CC2)cc(-c2cc(OC)c(OC)c(OC)c2)n1. The van der Waals surface area contributed by atoms with Crippen LogP contribution in [0.15, 0.2) is 18.2 Å². The molecule has 0 radical (unpaired) electrons. The summed E-state index contributed by atoms with van der Waals surface area (Å²) >= 11 is 0. The maximum Gasteiger partial charge on any atom is 0.270 e. The molecule has 1 amide bonds. The molecule has 0 spiro atoms. The molecule has 10 nitrogen and oxygen atoms in total. The molecule has 0 bridgehead atoms. The highest BCUT2D eigenvalue weighted by atomic mass is 16.5. The molecule has 1 fully saturated rings. The Morgan fingerprint density at radius 3 is 2.26 bits per heavy atom. The predicted molar refractivity (Wildman–Crippen MR) is 155 cm³/mol. The van der Waals surface area contributed by atoms with E-state index >= 15 is 0 Å². The number of rotatable bonds is 15. The Morgan fingerprint density at radius 1 is 0.949 bits per heavy atom. The van der Waals surface area contributed by atoms with Crippen molar-refractivity contribution in [3.63, 3.8) is 0 Å². The number of nitrogens with zero attached hydrogens (tertiary/aromatic N) is 5. The maximum absolute atomic E-state index is 13.2. The lowest BCUT2D eigenvalue weighted by molar-refractivity contribution is 0.0944. The van der Waals surface area contributed by atoms with Crippen LogP contribution in [0.1, 0.15) is 49.5 Å². The normalized spacial score (nSPS) is 14.2. The van der Waals surface area contributed by atoms with Gasteiger partial charge < -0.3 is 34.2 Å². The van der Waals surface area contributed by atoms with Gasteiger partial charge in [0.15, 0.2) is 11.5 Å². The van der Waals surface area contributed by atoms with Crippen molar-refractivity contribution in [2.24, 2.45) is 0 Å². The van der Waals surface area contributed by atoms with E-state index in [1.165, 1.54) is 12.8 Å². The molecular weight excluding hydrogens is 496 g/mol. The number of aromatic nitrogens is 2. The van der Waals surface area contributed by atoms with E-state index in [1.54, 1.807) is 27.4 Å². The second-order valence-electron chi connectivity index (χ2n) is 10.1. The van der Waals surface area contributed by atoms with Crippen LogP contribution in [0, 0.1) is 0 Å². The van der Waals surface area contributed by atoms with Crippen LogP contribution in [-0.4, -0.2) is 107 Å². The number of amides is 1. The van der Waals surface area contributed by atoms with Gasteiger partial charge in [0.2, 0.25) is 11.7 Å². The van der Waals surface area contributed by atoms with Gasteiger partial charge in [-0.3, -0.25) is 4.79 Å². The first kappa shape index (κ1) is 30.4. The van der Waals surface area contributed by atoms with Gasteiger partial charge in [-0.15, -0.1) is 0 Å². The zero-order valence-corrected chi connectivity index (χ0v) is 24.6. The lowest BCUT2D eigenvalue weighted by Gasteiger charge is -2.32. The van der Waals surface area contributed by atoms with Crippen LogP contribution in [0.2, 0.25) is 0 Å². The number of carbonyl (C=O) groups is 1. The largest absolute Gasteiger partial charge is 0.493 e. The quantitative estimate of drug-likeness (QED) is 0.339. The summed E-state index contributed by atoms with van der Waals surface area (Å²) in [4.78, 5) is 29.5. The van der Waals surface area contributed by atoms with Crippen LogP contribution in [0.4, 0.5) is 5.95 Å². The first-order valence-electron chi connectivity index (χ1n) is 14.0. The second-order valence-corrected chi connectivity index (χ2v) is 10.1. The average Bonchev–Trinajstić information content (AvgIpc) is 2.97. The highest BCUT2D eigenvalue weighted by molar-refractivity contribution is 5.93. The smallest absolute Gasteiger partial charge is 0.270 e.